The van der Waals surface area contributed by atoms with Crippen molar-refractivity contribution in [3.63, 3.8) is 0 Å². The summed E-state index contributed by atoms with van der Waals surface area (Å²) in [5.41, 5.74) is 2.32. The molecule has 2 aromatic carbocycles. The Balaban J connectivity index is 1.26. The lowest BCUT2D eigenvalue weighted by atomic mass is 9.91. The SMILES string of the molecule is CN1CCC[C@H]1COc1nc2c(c(N3C[C@H]4CC[C@@](CC#N)(C3)N4C(=O)O)n1)CCN(c1cccc3cccc(Cl)c13)C2. The molecule has 3 fully saturated rings. The molecule has 0 aliphatic carbocycles. The third kappa shape index (κ3) is 4.88. The second-order valence-corrected chi connectivity index (χ2v) is 12.8. The van der Waals surface area contributed by atoms with Crippen LogP contribution in [0.15, 0.2) is 36.4 Å². The average Bonchev–Trinajstić information content (AvgIpc) is 3.52. The average molecular weight is 602 g/mol. The zero-order valence-corrected chi connectivity index (χ0v) is 25.1. The van der Waals surface area contributed by atoms with E-state index in [0.29, 0.717) is 44.7 Å². The number of likely N-dealkylation sites (tertiary alicyclic amines) is 1. The number of rotatable bonds is 6. The highest BCUT2D eigenvalue weighted by molar-refractivity contribution is 6.36. The van der Waals surface area contributed by atoms with E-state index in [-0.39, 0.29) is 12.5 Å². The molecule has 1 amide bonds. The molecule has 224 valence electrons. The monoisotopic (exact) mass is 601 g/mol. The maximum atomic E-state index is 12.3. The van der Waals surface area contributed by atoms with Gasteiger partial charge in [-0.1, -0.05) is 35.9 Å². The fourth-order valence-corrected chi connectivity index (χ4v) is 8.07. The molecule has 0 unspecified atom stereocenters. The summed E-state index contributed by atoms with van der Waals surface area (Å²) in [4.78, 5) is 30.6. The molecule has 10 nitrogen and oxygen atoms in total. The number of likely N-dealkylation sites (N-methyl/N-ethyl adjacent to an activating group) is 1. The lowest BCUT2D eigenvalue weighted by molar-refractivity contribution is 0.0717. The predicted molar refractivity (Wildman–Crippen MR) is 165 cm³/mol. The Morgan fingerprint density at radius 1 is 1.19 bits per heavy atom. The van der Waals surface area contributed by atoms with Crippen LogP contribution in [0, 0.1) is 11.3 Å². The molecule has 0 saturated carbocycles. The van der Waals surface area contributed by atoms with Crippen molar-refractivity contribution in [2.45, 2.75) is 62.7 Å². The van der Waals surface area contributed by atoms with Crippen molar-refractivity contribution in [2.24, 2.45) is 0 Å². The fraction of sp³-hybridized carbons (Fsp3) is 0.500. The number of fused-ring (bicyclic) bond motifs is 4. The Bertz CT molecular complexity index is 1610. The number of amides is 1. The van der Waals surface area contributed by atoms with Crippen molar-refractivity contribution in [3.8, 4) is 12.1 Å². The molecular formula is C32H36ClN7O3. The second kappa shape index (κ2) is 11.0. The number of halogens is 1. The molecule has 3 saturated heterocycles. The molecule has 43 heavy (non-hydrogen) atoms. The van der Waals surface area contributed by atoms with Crippen molar-refractivity contribution >= 4 is 40.0 Å². The van der Waals surface area contributed by atoms with Gasteiger partial charge in [-0.05, 0) is 63.2 Å². The number of carboxylic acid groups (broad SMARTS) is 1. The molecule has 0 radical (unpaired) electrons. The molecule has 4 aliphatic rings. The number of benzene rings is 2. The van der Waals surface area contributed by atoms with Gasteiger partial charge < -0.3 is 24.5 Å². The number of hydrogen-bond acceptors (Lipinski definition) is 8. The highest BCUT2D eigenvalue weighted by Gasteiger charge is 2.54. The summed E-state index contributed by atoms with van der Waals surface area (Å²) in [6.45, 7) is 3.89. The molecule has 2 bridgehead atoms. The van der Waals surface area contributed by atoms with Gasteiger partial charge in [-0.15, -0.1) is 0 Å². The first-order chi connectivity index (χ1) is 20.9. The molecule has 7 rings (SSSR count). The zero-order chi connectivity index (χ0) is 29.7. The Morgan fingerprint density at radius 2 is 2.02 bits per heavy atom. The maximum Gasteiger partial charge on any atom is 0.408 e. The van der Waals surface area contributed by atoms with Crippen LogP contribution in [0.25, 0.3) is 10.8 Å². The van der Waals surface area contributed by atoms with Gasteiger partial charge in [0, 0.05) is 42.3 Å². The molecule has 3 atom stereocenters. The van der Waals surface area contributed by atoms with Crippen molar-refractivity contribution in [2.75, 3.05) is 49.6 Å². The van der Waals surface area contributed by atoms with Crippen LogP contribution < -0.4 is 14.5 Å². The van der Waals surface area contributed by atoms with Gasteiger partial charge in [-0.3, -0.25) is 4.90 Å². The van der Waals surface area contributed by atoms with Crippen LogP contribution in [0.1, 0.15) is 43.4 Å². The van der Waals surface area contributed by atoms with Crippen molar-refractivity contribution in [1.82, 2.24) is 19.8 Å². The van der Waals surface area contributed by atoms with E-state index in [4.69, 9.17) is 26.3 Å². The molecule has 5 heterocycles. The Morgan fingerprint density at radius 3 is 2.79 bits per heavy atom. The highest BCUT2D eigenvalue weighted by atomic mass is 35.5. The molecule has 4 aliphatic heterocycles. The number of carbonyl (C=O) groups is 1. The predicted octanol–water partition coefficient (Wildman–Crippen LogP) is 4.93. The van der Waals surface area contributed by atoms with E-state index in [1.807, 2.05) is 12.1 Å². The van der Waals surface area contributed by atoms with Crippen LogP contribution in [0.5, 0.6) is 6.01 Å². The molecule has 3 aromatic rings. The van der Waals surface area contributed by atoms with Crippen LogP contribution in [-0.2, 0) is 13.0 Å². The normalized spacial score (nSPS) is 25.2. The van der Waals surface area contributed by atoms with Gasteiger partial charge in [0.15, 0.2) is 0 Å². The summed E-state index contributed by atoms with van der Waals surface area (Å²) in [5, 5.41) is 22.6. The molecule has 11 heteroatoms. The largest absolute Gasteiger partial charge is 0.465 e. The zero-order valence-electron chi connectivity index (χ0n) is 24.4. The topological polar surface area (TPSA) is 109 Å². The lowest BCUT2D eigenvalue weighted by Gasteiger charge is -2.47. The van der Waals surface area contributed by atoms with Crippen molar-refractivity contribution in [3.05, 3.63) is 52.7 Å². The van der Waals surface area contributed by atoms with Crippen LogP contribution in [-0.4, -0.2) is 88.4 Å². The van der Waals surface area contributed by atoms with E-state index in [0.717, 1.165) is 77.3 Å². The first-order valence-corrected chi connectivity index (χ1v) is 15.5. The second-order valence-electron chi connectivity index (χ2n) is 12.4. The number of piperazine rings is 1. The van der Waals surface area contributed by atoms with Gasteiger partial charge in [0.1, 0.15) is 12.4 Å². The van der Waals surface area contributed by atoms with E-state index >= 15 is 0 Å². The van der Waals surface area contributed by atoms with Gasteiger partial charge in [0.05, 0.1) is 41.3 Å². The number of nitrogens with zero attached hydrogens (tertiary/aromatic N) is 7. The number of nitriles is 1. The van der Waals surface area contributed by atoms with Crippen LogP contribution >= 0.6 is 11.6 Å². The van der Waals surface area contributed by atoms with Gasteiger partial charge in [-0.2, -0.15) is 15.2 Å². The first-order valence-electron chi connectivity index (χ1n) is 15.2. The minimum Gasteiger partial charge on any atom is -0.465 e. The van der Waals surface area contributed by atoms with Gasteiger partial charge in [-0.25, -0.2) is 4.79 Å². The summed E-state index contributed by atoms with van der Waals surface area (Å²) in [5.74, 6) is 0.814. The lowest BCUT2D eigenvalue weighted by Crippen LogP contribution is -2.63. The summed E-state index contributed by atoms with van der Waals surface area (Å²) in [6.07, 6.45) is 3.59. The van der Waals surface area contributed by atoms with Gasteiger partial charge in [0.2, 0.25) is 0 Å². The van der Waals surface area contributed by atoms with Crippen LogP contribution in [0.2, 0.25) is 5.02 Å². The third-order valence-electron chi connectivity index (χ3n) is 9.92. The summed E-state index contributed by atoms with van der Waals surface area (Å²) in [6, 6.07) is 15.0. The van der Waals surface area contributed by atoms with Crippen LogP contribution in [0.4, 0.5) is 16.3 Å². The van der Waals surface area contributed by atoms with Crippen molar-refractivity contribution < 1.29 is 14.6 Å². The molecule has 1 N–H and O–H groups in total. The van der Waals surface area contributed by atoms with Crippen molar-refractivity contribution in [1.29, 1.82) is 5.26 Å². The summed E-state index contributed by atoms with van der Waals surface area (Å²) < 4.78 is 6.30. The first kappa shape index (κ1) is 28.0. The highest BCUT2D eigenvalue weighted by Crippen LogP contribution is 2.44. The molecular weight excluding hydrogens is 566 g/mol. The van der Waals surface area contributed by atoms with Crippen LogP contribution in [0.3, 0.4) is 0 Å². The van der Waals surface area contributed by atoms with E-state index in [9.17, 15) is 15.2 Å². The quantitative estimate of drug-likeness (QED) is 0.420. The fourth-order valence-electron chi connectivity index (χ4n) is 7.79. The Kier molecular flexibility index (Phi) is 7.18. The molecule has 0 spiro atoms. The minimum atomic E-state index is -0.948. The minimum absolute atomic E-state index is 0.159. The molecule has 1 aromatic heterocycles. The third-order valence-corrected chi connectivity index (χ3v) is 10.2. The maximum absolute atomic E-state index is 12.3. The van der Waals surface area contributed by atoms with E-state index in [1.165, 1.54) is 0 Å². The number of ether oxygens (including phenoxy) is 1. The Labute approximate surface area is 256 Å². The number of anilines is 2. The summed E-state index contributed by atoms with van der Waals surface area (Å²) >= 11 is 6.70. The smallest absolute Gasteiger partial charge is 0.408 e. The van der Waals surface area contributed by atoms with Gasteiger partial charge in [0.25, 0.3) is 0 Å². The van der Waals surface area contributed by atoms with E-state index in [2.05, 4.69) is 52.1 Å². The van der Waals surface area contributed by atoms with E-state index in [1.54, 1.807) is 4.90 Å². The standard InChI is InChI=1S/C32H36ClN7O3/c1-37-15-4-7-23(37)19-43-30-35-26-18-38(27-9-3-6-21-5-2-8-25(33)28(21)27)16-11-24(26)29(36-30)39-17-22-10-12-32(20-39,13-14-34)40(22)31(41)42/h2-3,5-6,8-9,22-23H,4,7,10-13,15-20H2,1H3,(H,41,42)/t22-,23+,32-/m1/s1. The Hall–Kier alpha value is -3.81. The summed E-state index contributed by atoms with van der Waals surface area (Å²) in [7, 11) is 2.12. The number of aromatic nitrogens is 2. The van der Waals surface area contributed by atoms with Gasteiger partial charge >= 0.3 is 12.1 Å². The van der Waals surface area contributed by atoms with E-state index < -0.39 is 11.6 Å². The number of hydrogen-bond donors (Lipinski definition) is 1.